The van der Waals surface area contributed by atoms with Crippen LogP contribution >= 0.6 is 46.4 Å². The van der Waals surface area contributed by atoms with Crippen LogP contribution < -0.4 is 20.1 Å². The normalized spacial score (nSPS) is 15.8. The van der Waals surface area contributed by atoms with Crippen molar-refractivity contribution in [2.24, 2.45) is 0 Å². The Morgan fingerprint density at radius 1 is 0.729 bits per heavy atom. The Balaban J connectivity index is 0.000000225. The minimum Gasteiger partial charge on any atom is -0.268 e. The number of nitrogens with one attached hydrogen (secondary N) is 1. The van der Waals surface area contributed by atoms with Gasteiger partial charge in [-0.15, -0.1) is 0 Å². The largest absolute Gasteiger partial charge is 0.329 e. The van der Waals surface area contributed by atoms with E-state index in [1.807, 2.05) is 0 Å². The van der Waals surface area contributed by atoms with Gasteiger partial charge in [0.05, 0.1) is 69.2 Å². The fraction of sp³-hybridized carbons (Fsp3) is 0.333. The third-order valence-corrected chi connectivity index (χ3v) is 14.0. The van der Waals surface area contributed by atoms with Crippen LogP contribution in [0, 0.1) is 34.3 Å². The summed E-state index contributed by atoms with van der Waals surface area (Å²) in [4.78, 5) is 24.4. The lowest BCUT2D eigenvalue weighted by atomic mass is 10.1. The second kappa shape index (κ2) is 18.8. The molecule has 0 radical (unpaired) electrons. The summed E-state index contributed by atoms with van der Waals surface area (Å²) in [6, 6.07) is 8.54. The molecule has 2 fully saturated rings. The van der Waals surface area contributed by atoms with Gasteiger partial charge in [-0.2, -0.15) is 59.3 Å². The SMILES string of the molecule is N#Cc1ccc(N(C(F)F)S(=O)(=O)N2CCC(n3ncc(Cl)c(Cl)c3=O)CC2)c(F)c1.N#Cc1ccc(NS(=O)(=O)N2CCC(n3ncc(Cl)c(Cl)c3=O)CC2)c(F)c1. The first kappa shape index (κ1) is 45.6. The van der Waals surface area contributed by atoms with Crippen LogP contribution in [-0.4, -0.2) is 77.7 Å². The number of nitriles is 2. The number of hydrogen-bond donors (Lipinski definition) is 1. The Morgan fingerprint density at radius 2 is 1.17 bits per heavy atom. The molecule has 314 valence electrons. The predicted molar refractivity (Wildman–Crippen MR) is 209 cm³/mol. The van der Waals surface area contributed by atoms with Gasteiger partial charge in [-0.1, -0.05) is 46.4 Å². The van der Waals surface area contributed by atoms with Crippen molar-refractivity contribution in [2.75, 3.05) is 35.2 Å². The van der Waals surface area contributed by atoms with Gasteiger partial charge < -0.3 is 0 Å². The first-order valence-electron chi connectivity index (χ1n) is 16.9. The maximum absolute atomic E-state index is 14.3. The van der Waals surface area contributed by atoms with Gasteiger partial charge in [-0.05, 0) is 62.1 Å². The molecule has 4 heterocycles. The van der Waals surface area contributed by atoms with E-state index in [1.54, 1.807) is 12.1 Å². The van der Waals surface area contributed by atoms with Crippen LogP contribution in [0.25, 0.3) is 0 Å². The Kier molecular flexibility index (Phi) is 14.5. The first-order valence-corrected chi connectivity index (χ1v) is 21.3. The average molecular weight is 943 g/mol. The van der Waals surface area contributed by atoms with Crippen molar-refractivity contribution >= 4 is 78.2 Å². The Morgan fingerprint density at radius 3 is 1.59 bits per heavy atom. The summed E-state index contributed by atoms with van der Waals surface area (Å²) in [5.74, 6) is -2.12. The molecule has 0 bridgehead atoms. The van der Waals surface area contributed by atoms with Gasteiger partial charge in [0.1, 0.15) is 21.7 Å². The summed E-state index contributed by atoms with van der Waals surface area (Å²) in [5.41, 5.74) is -2.37. The van der Waals surface area contributed by atoms with E-state index in [0.29, 0.717) is 18.9 Å². The molecule has 2 saturated heterocycles. The average Bonchev–Trinajstić information content (AvgIpc) is 3.20. The van der Waals surface area contributed by atoms with Crippen molar-refractivity contribution in [3.05, 3.63) is 112 Å². The van der Waals surface area contributed by atoms with Gasteiger partial charge in [-0.25, -0.2) is 18.1 Å². The smallest absolute Gasteiger partial charge is 0.268 e. The number of rotatable bonds is 9. The fourth-order valence-corrected chi connectivity index (χ4v) is 9.40. The number of nitrogens with zero attached hydrogens (tertiary/aromatic N) is 9. The molecule has 2 aromatic carbocycles. The molecule has 2 aromatic heterocycles. The van der Waals surface area contributed by atoms with Gasteiger partial charge in [-0.3, -0.25) is 14.3 Å². The van der Waals surface area contributed by atoms with Crippen molar-refractivity contribution in [2.45, 2.75) is 44.3 Å². The molecule has 2 aliphatic rings. The van der Waals surface area contributed by atoms with Crippen molar-refractivity contribution in [3.63, 3.8) is 0 Å². The number of anilines is 2. The molecule has 0 aliphatic carbocycles. The number of piperidine rings is 2. The van der Waals surface area contributed by atoms with Crippen LogP contribution in [0.1, 0.15) is 48.9 Å². The molecule has 0 spiro atoms. The van der Waals surface area contributed by atoms with E-state index in [1.165, 1.54) is 29.2 Å². The van der Waals surface area contributed by atoms with E-state index in [2.05, 4.69) is 14.9 Å². The lowest BCUT2D eigenvalue weighted by molar-refractivity contribution is 0.157. The van der Waals surface area contributed by atoms with Gasteiger partial charge in [0, 0.05) is 26.2 Å². The molecular weight excluding hydrogens is 914 g/mol. The van der Waals surface area contributed by atoms with Crippen LogP contribution in [0.3, 0.4) is 0 Å². The van der Waals surface area contributed by atoms with Gasteiger partial charge >= 0.3 is 27.0 Å². The van der Waals surface area contributed by atoms with E-state index < -0.39 is 61.5 Å². The maximum Gasteiger partial charge on any atom is 0.329 e. The monoisotopic (exact) mass is 940 g/mol. The highest BCUT2D eigenvalue weighted by Crippen LogP contribution is 2.32. The van der Waals surface area contributed by atoms with E-state index in [-0.39, 0.29) is 86.3 Å². The number of halogens is 8. The Bertz CT molecular complexity index is 2670. The zero-order valence-corrected chi connectivity index (χ0v) is 34.5. The van der Waals surface area contributed by atoms with Crippen molar-refractivity contribution < 1.29 is 34.4 Å². The van der Waals surface area contributed by atoms with Crippen LogP contribution in [0.5, 0.6) is 0 Å². The minimum atomic E-state index is -4.81. The lowest BCUT2D eigenvalue weighted by Crippen LogP contribution is -2.50. The molecule has 16 nitrogen and oxygen atoms in total. The van der Waals surface area contributed by atoms with Crippen molar-refractivity contribution in [1.29, 1.82) is 10.5 Å². The van der Waals surface area contributed by atoms with E-state index >= 15 is 0 Å². The summed E-state index contributed by atoms with van der Waals surface area (Å²) < 4.78 is 112. The zero-order valence-electron chi connectivity index (χ0n) is 29.8. The topological polar surface area (TPSA) is 207 Å². The van der Waals surface area contributed by atoms with Crippen LogP contribution in [-0.2, 0) is 20.4 Å². The number of alkyl halides is 2. The number of benzene rings is 2. The fourth-order valence-electron chi connectivity index (χ4n) is 6.09. The highest BCUT2D eigenvalue weighted by atomic mass is 35.5. The third-order valence-electron chi connectivity index (χ3n) is 9.08. The first-order chi connectivity index (χ1) is 27.8. The van der Waals surface area contributed by atoms with Crippen molar-refractivity contribution in [1.82, 2.24) is 28.2 Å². The highest BCUT2D eigenvalue weighted by molar-refractivity contribution is 7.90. The lowest BCUT2D eigenvalue weighted by Gasteiger charge is -2.35. The molecule has 0 saturated carbocycles. The van der Waals surface area contributed by atoms with Gasteiger partial charge in [0.2, 0.25) is 0 Å². The predicted octanol–water partition coefficient (Wildman–Crippen LogP) is 5.73. The minimum absolute atomic E-state index is 0.0278. The van der Waals surface area contributed by atoms with Crippen LogP contribution in [0.4, 0.5) is 28.9 Å². The standard InChI is InChI=1S/C17H14Cl2F3N5O3S.C16H14Cl2FN5O3S/c18-12-9-24-26(16(28)15(12)19)11-3-5-25(6-4-11)31(29,30)27(17(21)22)14-2-1-10(8-23)7-13(14)20;17-12-9-21-24(16(25)15(12)18)11-3-5-23(6-4-11)28(26,27)22-14-2-1-10(8-20)7-13(14)19/h1-2,7,9,11,17H,3-6H2;1-2,7,9,11,22H,3-6H2. The molecule has 0 unspecified atom stereocenters. The summed E-state index contributed by atoms with van der Waals surface area (Å²) in [6.45, 7) is -3.80. The molecule has 0 amide bonds. The third kappa shape index (κ3) is 10.1. The molecule has 4 aromatic rings. The van der Waals surface area contributed by atoms with E-state index in [0.717, 1.165) is 31.5 Å². The van der Waals surface area contributed by atoms with E-state index in [9.17, 15) is 44.0 Å². The maximum atomic E-state index is 14.3. The molecular formula is C33H28Cl4F4N10O6S2. The second-order valence-electron chi connectivity index (χ2n) is 12.6. The zero-order chi connectivity index (χ0) is 43.4. The Hall–Kier alpha value is -4.52. The Labute approximate surface area is 353 Å². The molecule has 6 rings (SSSR count). The molecule has 59 heavy (non-hydrogen) atoms. The highest BCUT2D eigenvalue weighted by Gasteiger charge is 2.40. The van der Waals surface area contributed by atoms with Gasteiger partial charge in [0.15, 0.2) is 0 Å². The summed E-state index contributed by atoms with van der Waals surface area (Å²) in [6.07, 6.45) is 3.25. The summed E-state index contributed by atoms with van der Waals surface area (Å²) in [7, 11) is -8.81. The van der Waals surface area contributed by atoms with Crippen LogP contribution in [0.2, 0.25) is 20.1 Å². The van der Waals surface area contributed by atoms with E-state index in [4.69, 9.17) is 56.9 Å². The number of hydrogen-bond acceptors (Lipinski definition) is 10. The quantitative estimate of drug-likeness (QED) is 0.159. The van der Waals surface area contributed by atoms with Crippen LogP contribution in [0.15, 0.2) is 58.4 Å². The van der Waals surface area contributed by atoms with Gasteiger partial charge in [0.25, 0.3) is 11.1 Å². The second-order valence-corrected chi connectivity index (χ2v) is 17.7. The molecule has 26 heteroatoms. The summed E-state index contributed by atoms with van der Waals surface area (Å²) in [5, 5.41) is 25.1. The molecule has 0 atom stereocenters. The summed E-state index contributed by atoms with van der Waals surface area (Å²) >= 11 is 23.2. The molecule has 1 N–H and O–H groups in total. The number of aromatic nitrogens is 4. The van der Waals surface area contributed by atoms with Crippen molar-refractivity contribution in [3.8, 4) is 12.1 Å². The molecule has 2 aliphatic heterocycles.